The summed E-state index contributed by atoms with van der Waals surface area (Å²) < 4.78 is 6.66. The van der Waals surface area contributed by atoms with Gasteiger partial charge in [0.25, 0.3) is 0 Å². The highest BCUT2D eigenvalue weighted by Crippen LogP contribution is 2.39. The molecule has 6 nitrogen and oxygen atoms in total. The van der Waals surface area contributed by atoms with E-state index in [0.717, 1.165) is 39.6 Å². The quantitative estimate of drug-likeness (QED) is 0.227. The van der Waals surface area contributed by atoms with Crippen molar-refractivity contribution >= 4 is 54.9 Å². The van der Waals surface area contributed by atoms with Gasteiger partial charge in [0.1, 0.15) is 0 Å². The molecule has 0 spiro atoms. The van der Waals surface area contributed by atoms with Crippen molar-refractivity contribution in [3.8, 4) is 22.9 Å². The Hall–Kier alpha value is -5.75. The fourth-order valence-corrected chi connectivity index (χ4v) is 6.40. The molecule has 5 aromatic carbocycles. The van der Waals surface area contributed by atoms with Gasteiger partial charge in [0.05, 0.1) is 34.0 Å². The zero-order chi connectivity index (χ0) is 27.8. The molecule has 0 aliphatic rings. The summed E-state index contributed by atoms with van der Waals surface area (Å²) in [6.07, 6.45) is 1.83. The van der Waals surface area contributed by atoms with Gasteiger partial charge in [-0.25, -0.2) is 9.97 Å². The molecule has 0 N–H and O–H groups in total. The molecule has 0 aliphatic carbocycles. The zero-order valence-corrected chi connectivity index (χ0v) is 22.8. The molecule has 0 unspecified atom stereocenters. The summed E-state index contributed by atoms with van der Waals surface area (Å²) in [5.74, 6) is 0.785. The van der Waals surface area contributed by atoms with Crippen LogP contribution < -0.4 is 0 Å². The van der Waals surface area contributed by atoms with E-state index in [1.165, 1.54) is 32.6 Å². The van der Waals surface area contributed by atoms with Crippen LogP contribution in [0.2, 0.25) is 0 Å². The predicted octanol–water partition coefficient (Wildman–Crippen LogP) is 8.22. The van der Waals surface area contributed by atoms with E-state index in [0.29, 0.717) is 5.65 Å². The Morgan fingerprint density at radius 1 is 0.524 bits per heavy atom. The summed E-state index contributed by atoms with van der Waals surface area (Å²) in [6.45, 7) is 0. The average molecular weight is 541 g/mol. The van der Waals surface area contributed by atoms with Gasteiger partial charge >= 0.3 is 0 Å². The molecule has 9 rings (SSSR count). The third-order valence-corrected chi connectivity index (χ3v) is 8.31. The number of aromatic nitrogens is 6. The number of fused-ring (bicyclic) bond motifs is 7. The first-order valence-electron chi connectivity index (χ1n) is 14.0. The summed E-state index contributed by atoms with van der Waals surface area (Å²) >= 11 is 0. The molecule has 0 fully saturated rings. The van der Waals surface area contributed by atoms with Gasteiger partial charge in [-0.2, -0.15) is 4.98 Å². The highest BCUT2D eigenvalue weighted by molar-refractivity contribution is 6.18. The molecule has 0 radical (unpaired) electrons. The van der Waals surface area contributed by atoms with Crippen LogP contribution in [0.1, 0.15) is 0 Å². The molecule has 0 saturated heterocycles. The lowest BCUT2D eigenvalue weighted by molar-refractivity contribution is 0.860. The molecule has 0 atom stereocenters. The highest BCUT2D eigenvalue weighted by Gasteiger charge is 2.21. The van der Waals surface area contributed by atoms with Gasteiger partial charge in [-0.1, -0.05) is 84.9 Å². The third-order valence-electron chi connectivity index (χ3n) is 8.31. The third kappa shape index (κ3) is 3.17. The number of nitrogens with zero attached hydrogens (tertiary/aromatic N) is 6. The zero-order valence-electron chi connectivity index (χ0n) is 22.8. The molecular weight excluding hydrogens is 516 g/mol. The molecule has 198 valence electrons. The Morgan fingerprint density at radius 3 is 1.79 bits per heavy atom. The van der Waals surface area contributed by atoms with Crippen LogP contribution in [-0.2, 0) is 7.05 Å². The Labute approximate surface area is 240 Å². The first-order valence-corrected chi connectivity index (χ1v) is 14.0. The second kappa shape index (κ2) is 8.62. The van der Waals surface area contributed by atoms with Crippen molar-refractivity contribution in [2.24, 2.45) is 7.05 Å². The molecule has 4 aromatic heterocycles. The van der Waals surface area contributed by atoms with Crippen molar-refractivity contribution < 1.29 is 0 Å². The van der Waals surface area contributed by atoms with Crippen LogP contribution >= 0.6 is 0 Å². The van der Waals surface area contributed by atoms with Gasteiger partial charge in [-0.15, -0.1) is 0 Å². The van der Waals surface area contributed by atoms with Crippen LogP contribution in [0, 0.1) is 0 Å². The lowest BCUT2D eigenvalue weighted by atomic mass is 10.1. The van der Waals surface area contributed by atoms with Crippen molar-refractivity contribution in [3.05, 3.63) is 128 Å². The largest absolute Gasteiger partial charge is 0.309 e. The predicted molar refractivity (Wildman–Crippen MR) is 170 cm³/mol. The summed E-state index contributed by atoms with van der Waals surface area (Å²) in [5, 5.41) is 4.77. The summed E-state index contributed by atoms with van der Waals surface area (Å²) in [5.41, 5.74) is 8.91. The van der Waals surface area contributed by atoms with E-state index in [1.54, 1.807) is 0 Å². The minimum absolute atomic E-state index is 0.626. The Kier molecular flexibility index (Phi) is 4.72. The minimum atomic E-state index is 0.626. The fraction of sp³-hybridized carbons (Fsp3) is 0.0278. The summed E-state index contributed by atoms with van der Waals surface area (Å²) in [4.78, 5) is 14.8. The molecular formula is C36H24N6. The first kappa shape index (κ1) is 23.0. The van der Waals surface area contributed by atoms with E-state index in [-0.39, 0.29) is 0 Å². The summed E-state index contributed by atoms with van der Waals surface area (Å²) in [7, 11) is 2.02. The van der Waals surface area contributed by atoms with E-state index >= 15 is 0 Å². The van der Waals surface area contributed by atoms with Gasteiger partial charge < -0.3 is 4.57 Å². The van der Waals surface area contributed by atoms with Gasteiger partial charge in [0.15, 0.2) is 11.3 Å². The number of hydrogen-bond donors (Lipinski definition) is 0. The number of imidazole rings is 1. The SMILES string of the molecule is Cn1c(-n2c3ccccc3c3cc4c(cc32)c2ccccc2n4-c2ccccc2)nc2nc(-c3ccccc3)cnc21. The van der Waals surface area contributed by atoms with Crippen LogP contribution in [0.15, 0.2) is 128 Å². The Morgan fingerprint density at radius 2 is 1.10 bits per heavy atom. The maximum atomic E-state index is 5.08. The maximum absolute atomic E-state index is 5.08. The average Bonchev–Trinajstić information content (AvgIpc) is 3.67. The van der Waals surface area contributed by atoms with Crippen LogP contribution in [0.4, 0.5) is 0 Å². The molecule has 9 aromatic rings. The standard InChI is InChI=1S/C36H24N6/c1-40-35-34(38-29(22-37-35)23-12-4-2-5-13-23)39-36(40)42-31-19-11-9-17-26(31)28-20-32-27(21-33(28)42)25-16-8-10-18-30(25)41(32)24-14-6-3-7-15-24/h2-22H,1H3. The second-order valence-corrected chi connectivity index (χ2v) is 10.7. The van der Waals surface area contributed by atoms with Crippen molar-refractivity contribution in [3.63, 3.8) is 0 Å². The van der Waals surface area contributed by atoms with E-state index in [4.69, 9.17) is 15.0 Å². The van der Waals surface area contributed by atoms with Crippen molar-refractivity contribution in [1.29, 1.82) is 0 Å². The Bertz CT molecular complexity index is 2460. The van der Waals surface area contributed by atoms with E-state index in [2.05, 4.69) is 100 Å². The van der Waals surface area contributed by atoms with Crippen LogP contribution in [-0.4, -0.2) is 28.7 Å². The molecule has 6 heteroatoms. The molecule has 0 aliphatic heterocycles. The van der Waals surface area contributed by atoms with Crippen LogP contribution in [0.3, 0.4) is 0 Å². The van der Waals surface area contributed by atoms with Crippen molar-refractivity contribution in [2.45, 2.75) is 0 Å². The van der Waals surface area contributed by atoms with Crippen LogP contribution in [0.25, 0.3) is 77.8 Å². The fourth-order valence-electron chi connectivity index (χ4n) is 6.40. The van der Waals surface area contributed by atoms with E-state index in [9.17, 15) is 0 Å². The van der Waals surface area contributed by atoms with Gasteiger partial charge in [0, 0.05) is 39.8 Å². The number of hydrogen-bond acceptors (Lipinski definition) is 3. The lowest BCUT2D eigenvalue weighted by Crippen LogP contribution is -2.03. The lowest BCUT2D eigenvalue weighted by Gasteiger charge is -2.08. The smallest absolute Gasteiger partial charge is 0.218 e. The number of rotatable bonds is 3. The molecule has 0 bridgehead atoms. The van der Waals surface area contributed by atoms with Gasteiger partial charge in [-0.3, -0.25) is 9.13 Å². The Balaban J connectivity index is 1.37. The summed E-state index contributed by atoms with van der Waals surface area (Å²) in [6, 6.07) is 42.6. The number of para-hydroxylation sites is 3. The maximum Gasteiger partial charge on any atom is 0.218 e. The number of aryl methyl sites for hydroxylation is 1. The first-order chi connectivity index (χ1) is 20.8. The number of benzene rings is 5. The minimum Gasteiger partial charge on any atom is -0.309 e. The highest BCUT2D eigenvalue weighted by atomic mass is 15.3. The molecule has 42 heavy (non-hydrogen) atoms. The monoisotopic (exact) mass is 540 g/mol. The van der Waals surface area contributed by atoms with Crippen molar-refractivity contribution in [2.75, 3.05) is 0 Å². The normalized spacial score (nSPS) is 11.9. The molecule has 0 saturated carbocycles. The molecule has 4 heterocycles. The van der Waals surface area contributed by atoms with Crippen LogP contribution in [0.5, 0.6) is 0 Å². The molecule has 0 amide bonds. The van der Waals surface area contributed by atoms with Crippen molar-refractivity contribution in [1.82, 2.24) is 28.7 Å². The van der Waals surface area contributed by atoms with E-state index < -0.39 is 0 Å². The topological polar surface area (TPSA) is 53.5 Å². The van der Waals surface area contributed by atoms with Gasteiger partial charge in [-0.05, 0) is 36.4 Å². The van der Waals surface area contributed by atoms with E-state index in [1.807, 2.05) is 48.1 Å². The second-order valence-electron chi connectivity index (χ2n) is 10.7. The van der Waals surface area contributed by atoms with Gasteiger partial charge in [0.2, 0.25) is 5.95 Å².